The Balaban J connectivity index is 1.59. The third kappa shape index (κ3) is 5.84. The van der Waals surface area contributed by atoms with Crippen LogP contribution in [0.25, 0.3) is 0 Å². The number of sulfone groups is 1. The molecule has 0 radical (unpaired) electrons. The molecule has 0 aromatic carbocycles. The van der Waals surface area contributed by atoms with Crippen LogP contribution < -0.4 is 10.6 Å². The van der Waals surface area contributed by atoms with E-state index in [1.165, 1.54) is 25.7 Å². The Labute approximate surface area is 158 Å². The number of hydrogen-bond donors (Lipinski definition) is 2. The Morgan fingerprint density at radius 2 is 1.85 bits per heavy atom. The molecule has 3 aliphatic rings. The maximum absolute atomic E-state index is 11.7. The number of hydrogen-bond acceptors (Lipinski definition) is 4. The first-order valence-electron chi connectivity index (χ1n) is 10.3. The summed E-state index contributed by atoms with van der Waals surface area (Å²) >= 11 is 0. The van der Waals surface area contributed by atoms with Gasteiger partial charge >= 0.3 is 0 Å². The van der Waals surface area contributed by atoms with Crippen LogP contribution >= 0.6 is 0 Å². The van der Waals surface area contributed by atoms with Crippen molar-refractivity contribution in [3.63, 3.8) is 0 Å². The average molecular weight is 386 g/mol. The van der Waals surface area contributed by atoms with Crippen LogP contribution in [0.2, 0.25) is 0 Å². The number of nitrogens with zero attached hydrogens (tertiary/aromatic N) is 1. The van der Waals surface area contributed by atoms with Crippen LogP contribution in [-0.2, 0) is 14.6 Å². The molecule has 1 saturated carbocycles. The van der Waals surface area contributed by atoms with Crippen molar-refractivity contribution in [2.24, 2.45) is 16.8 Å². The highest BCUT2D eigenvalue weighted by molar-refractivity contribution is 7.91. The summed E-state index contributed by atoms with van der Waals surface area (Å²) < 4.78 is 29.3. The summed E-state index contributed by atoms with van der Waals surface area (Å²) in [6.45, 7) is 5.80. The molecule has 3 atom stereocenters. The van der Waals surface area contributed by atoms with Crippen molar-refractivity contribution in [1.82, 2.24) is 10.6 Å². The molecule has 150 valence electrons. The summed E-state index contributed by atoms with van der Waals surface area (Å²) in [5, 5.41) is 7.22. The van der Waals surface area contributed by atoms with Gasteiger partial charge in [-0.2, -0.15) is 0 Å². The van der Waals surface area contributed by atoms with Crippen LogP contribution in [0, 0.1) is 11.8 Å². The Bertz CT molecular complexity index is 585. The fraction of sp³-hybridized carbons (Fsp3) is 0.947. The lowest BCUT2D eigenvalue weighted by Gasteiger charge is -2.33. The van der Waals surface area contributed by atoms with Crippen molar-refractivity contribution in [3.05, 3.63) is 0 Å². The average Bonchev–Trinajstić information content (AvgIpc) is 3.22. The van der Waals surface area contributed by atoms with Crippen LogP contribution in [0.3, 0.4) is 0 Å². The van der Waals surface area contributed by atoms with Gasteiger partial charge in [0.15, 0.2) is 15.8 Å². The van der Waals surface area contributed by atoms with Crippen LogP contribution in [0.1, 0.15) is 58.8 Å². The fourth-order valence-corrected chi connectivity index (χ4v) is 6.10. The summed E-state index contributed by atoms with van der Waals surface area (Å²) in [5.41, 5.74) is 0. The van der Waals surface area contributed by atoms with Gasteiger partial charge in [-0.15, -0.1) is 0 Å². The smallest absolute Gasteiger partial charge is 0.191 e. The van der Waals surface area contributed by atoms with Crippen molar-refractivity contribution in [1.29, 1.82) is 0 Å². The highest BCUT2D eigenvalue weighted by Gasteiger charge is 2.29. The third-order valence-electron chi connectivity index (χ3n) is 5.93. The molecule has 7 heteroatoms. The van der Waals surface area contributed by atoms with E-state index in [2.05, 4.69) is 24.5 Å². The summed E-state index contributed by atoms with van der Waals surface area (Å²) in [7, 11) is -2.84. The number of ether oxygens (including phenoxy) is 1. The molecule has 1 aliphatic carbocycles. The predicted molar refractivity (Wildman–Crippen MR) is 105 cm³/mol. The maximum Gasteiger partial charge on any atom is 0.191 e. The number of guanidine groups is 1. The summed E-state index contributed by atoms with van der Waals surface area (Å²) in [6.07, 6.45) is 7.98. The molecular formula is C19H35N3O3S. The Morgan fingerprint density at radius 3 is 2.50 bits per heavy atom. The quantitative estimate of drug-likeness (QED) is 0.560. The minimum Gasteiger partial charge on any atom is -0.378 e. The second-order valence-electron chi connectivity index (χ2n) is 8.60. The van der Waals surface area contributed by atoms with Crippen molar-refractivity contribution >= 4 is 15.8 Å². The molecule has 2 aliphatic heterocycles. The number of aliphatic imine (C=N–C) groups is 1. The molecule has 2 N–H and O–H groups in total. The van der Waals surface area contributed by atoms with Gasteiger partial charge < -0.3 is 15.4 Å². The largest absolute Gasteiger partial charge is 0.378 e. The molecule has 3 fully saturated rings. The first kappa shape index (κ1) is 19.9. The van der Waals surface area contributed by atoms with Crippen LogP contribution in [0.5, 0.6) is 0 Å². The normalized spacial score (nSPS) is 32.9. The first-order valence-corrected chi connectivity index (χ1v) is 12.1. The van der Waals surface area contributed by atoms with Crippen LogP contribution in [0.4, 0.5) is 0 Å². The second-order valence-corrected chi connectivity index (χ2v) is 10.8. The van der Waals surface area contributed by atoms with Gasteiger partial charge in [-0.3, -0.25) is 4.99 Å². The fourth-order valence-electron chi connectivity index (χ4n) is 4.25. The maximum atomic E-state index is 11.7. The van der Waals surface area contributed by atoms with Gasteiger partial charge in [-0.1, -0.05) is 26.7 Å². The molecule has 0 aromatic rings. The van der Waals surface area contributed by atoms with E-state index in [0.29, 0.717) is 42.2 Å². The summed E-state index contributed by atoms with van der Waals surface area (Å²) in [5.74, 6) is 2.17. The van der Waals surface area contributed by atoms with E-state index >= 15 is 0 Å². The van der Waals surface area contributed by atoms with Crippen molar-refractivity contribution in [2.45, 2.75) is 77.0 Å². The summed E-state index contributed by atoms with van der Waals surface area (Å²) in [4.78, 5) is 4.79. The molecular weight excluding hydrogens is 350 g/mol. The molecule has 2 saturated heterocycles. The molecule has 0 amide bonds. The lowest BCUT2D eigenvalue weighted by molar-refractivity contribution is -0.0217. The molecule has 3 unspecified atom stereocenters. The highest BCUT2D eigenvalue weighted by Crippen LogP contribution is 2.22. The molecule has 2 heterocycles. The lowest BCUT2D eigenvalue weighted by atomic mass is 9.95. The topological polar surface area (TPSA) is 79.8 Å². The van der Waals surface area contributed by atoms with Crippen molar-refractivity contribution in [2.75, 3.05) is 24.7 Å². The predicted octanol–water partition coefficient (Wildman–Crippen LogP) is 2.10. The Morgan fingerprint density at radius 1 is 1.12 bits per heavy atom. The molecule has 26 heavy (non-hydrogen) atoms. The van der Waals surface area contributed by atoms with E-state index in [0.717, 1.165) is 31.8 Å². The zero-order valence-corrected chi connectivity index (χ0v) is 17.1. The Hall–Kier alpha value is -0.820. The highest BCUT2D eigenvalue weighted by atomic mass is 32.2. The van der Waals surface area contributed by atoms with Crippen LogP contribution in [0.15, 0.2) is 4.99 Å². The van der Waals surface area contributed by atoms with Gasteiger partial charge in [-0.25, -0.2) is 8.42 Å². The van der Waals surface area contributed by atoms with Crippen molar-refractivity contribution < 1.29 is 13.2 Å². The lowest BCUT2D eigenvalue weighted by Crippen LogP contribution is -2.50. The van der Waals surface area contributed by atoms with E-state index in [9.17, 15) is 8.42 Å². The summed E-state index contributed by atoms with van der Waals surface area (Å²) in [6, 6.07) is 0.866. The second kappa shape index (κ2) is 8.91. The third-order valence-corrected chi connectivity index (χ3v) is 7.77. The van der Waals surface area contributed by atoms with Gasteiger partial charge in [0.1, 0.15) is 0 Å². The minimum atomic E-state index is -2.84. The van der Waals surface area contributed by atoms with Gasteiger partial charge in [-0.05, 0) is 43.9 Å². The van der Waals surface area contributed by atoms with E-state index in [1.807, 2.05) is 0 Å². The van der Waals surface area contributed by atoms with E-state index in [-0.39, 0.29) is 5.92 Å². The van der Waals surface area contributed by atoms with Gasteiger partial charge in [0.2, 0.25) is 0 Å². The molecule has 6 nitrogen and oxygen atoms in total. The van der Waals surface area contributed by atoms with Crippen LogP contribution in [-0.4, -0.2) is 57.2 Å². The standard InChI is InChI=1S/C19H35N3O3S/c1-14(2)18-11-17(7-9-25-18)22-19(21-16-5-3-4-6-16)20-12-15-8-10-26(23,24)13-15/h14-18H,3-13H2,1-2H3,(H2,20,21,22). The monoisotopic (exact) mass is 385 g/mol. The van der Waals surface area contributed by atoms with Gasteiger partial charge in [0.05, 0.1) is 17.6 Å². The zero-order chi connectivity index (χ0) is 18.6. The molecule has 3 rings (SSSR count). The van der Waals surface area contributed by atoms with E-state index in [1.54, 1.807) is 0 Å². The SMILES string of the molecule is CC(C)C1CC(NC(=NCC2CCS(=O)(=O)C2)NC2CCCC2)CCO1. The van der Waals surface area contributed by atoms with E-state index in [4.69, 9.17) is 9.73 Å². The zero-order valence-electron chi connectivity index (χ0n) is 16.2. The Kier molecular flexibility index (Phi) is 6.83. The first-order chi connectivity index (χ1) is 12.4. The van der Waals surface area contributed by atoms with Crippen molar-refractivity contribution in [3.8, 4) is 0 Å². The van der Waals surface area contributed by atoms with Gasteiger partial charge in [0.25, 0.3) is 0 Å². The van der Waals surface area contributed by atoms with E-state index < -0.39 is 9.84 Å². The molecule has 0 aromatic heterocycles. The molecule has 0 bridgehead atoms. The minimum absolute atomic E-state index is 0.167. The number of nitrogens with one attached hydrogen (secondary N) is 2. The molecule has 0 spiro atoms. The number of rotatable bonds is 5. The van der Waals surface area contributed by atoms with Gasteiger partial charge in [0, 0.05) is 25.2 Å².